The highest BCUT2D eigenvalue weighted by Gasteiger charge is 2.11. The van der Waals surface area contributed by atoms with Crippen molar-refractivity contribution < 1.29 is 8.42 Å². The molecular weight excluding hydrogens is 234 g/mol. The summed E-state index contributed by atoms with van der Waals surface area (Å²) >= 11 is 0. The molecule has 0 unspecified atom stereocenters. The summed E-state index contributed by atoms with van der Waals surface area (Å²) in [7, 11) is -3.26. The van der Waals surface area contributed by atoms with Crippen LogP contribution in [0.1, 0.15) is 12.8 Å². The second-order valence-corrected chi connectivity index (χ2v) is 6.07. The summed E-state index contributed by atoms with van der Waals surface area (Å²) in [5, 5.41) is 1.32. The number of likely N-dealkylation sites (tertiary alicyclic amines) is 1. The van der Waals surface area contributed by atoms with Crippen LogP contribution < -0.4 is 0 Å². The van der Waals surface area contributed by atoms with Gasteiger partial charge in [0.1, 0.15) is 0 Å². The molecule has 4 heteroatoms. The van der Waals surface area contributed by atoms with Crippen molar-refractivity contribution in [3.8, 4) is 0 Å². The predicted molar refractivity (Wildman–Crippen MR) is 68.4 cm³/mol. The Morgan fingerprint density at radius 2 is 1.76 bits per heavy atom. The zero-order valence-corrected chi connectivity index (χ0v) is 10.6. The van der Waals surface area contributed by atoms with E-state index in [1.54, 1.807) is 30.3 Å². The van der Waals surface area contributed by atoms with E-state index in [2.05, 4.69) is 4.90 Å². The van der Waals surface area contributed by atoms with Crippen LogP contribution >= 0.6 is 0 Å². The van der Waals surface area contributed by atoms with Crippen LogP contribution in [0.5, 0.6) is 0 Å². The molecule has 1 heterocycles. The zero-order chi connectivity index (χ0) is 12.1. The van der Waals surface area contributed by atoms with E-state index in [4.69, 9.17) is 0 Å². The van der Waals surface area contributed by atoms with Crippen LogP contribution in [0, 0.1) is 0 Å². The van der Waals surface area contributed by atoms with E-state index in [9.17, 15) is 8.42 Å². The first kappa shape index (κ1) is 12.3. The van der Waals surface area contributed by atoms with Gasteiger partial charge in [-0.3, -0.25) is 4.90 Å². The molecule has 92 valence electrons. The Kier molecular flexibility index (Phi) is 3.97. The van der Waals surface area contributed by atoms with Crippen LogP contribution in [0.2, 0.25) is 0 Å². The third kappa shape index (κ3) is 3.41. The van der Waals surface area contributed by atoms with E-state index >= 15 is 0 Å². The highest BCUT2D eigenvalue weighted by atomic mass is 32.2. The summed E-state index contributed by atoms with van der Waals surface area (Å²) in [4.78, 5) is 2.62. The maximum absolute atomic E-state index is 11.9. The largest absolute Gasteiger partial charge is 0.300 e. The number of benzene rings is 1. The van der Waals surface area contributed by atoms with Crippen LogP contribution in [-0.4, -0.2) is 33.0 Å². The highest BCUT2D eigenvalue weighted by Crippen LogP contribution is 2.12. The Hall–Kier alpha value is -1.13. The van der Waals surface area contributed by atoms with Crippen molar-refractivity contribution in [1.29, 1.82) is 0 Å². The molecule has 0 aromatic heterocycles. The molecule has 0 spiro atoms. The molecule has 1 fully saturated rings. The average Bonchev–Trinajstić information content (AvgIpc) is 2.83. The van der Waals surface area contributed by atoms with E-state index in [0.29, 0.717) is 4.90 Å². The van der Waals surface area contributed by atoms with Gasteiger partial charge < -0.3 is 0 Å². The van der Waals surface area contributed by atoms with Gasteiger partial charge in [-0.2, -0.15) is 0 Å². The molecule has 0 bridgehead atoms. The molecule has 0 amide bonds. The zero-order valence-electron chi connectivity index (χ0n) is 9.75. The van der Waals surface area contributed by atoms with Crippen molar-refractivity contribution in [1.82, 2.24) is 4.90 Å². The summed E-state index contributed by atoms with van der Waals surface area (Å²) in [6.45, 7) is 2.89. The molecule has 0 saturated carbocycles. The number of sulfone groups is 1. The summed E-state index contributed by atoms with van der Waals surface area (Å²) < 4.78 is 23.8. The molecule has 3 nitrogen and oxygen atoms in total. The van der Waals surface area contributed by atoms with Gasteiger partial charge in [0.25, 0.3) is 0 Å². The second kappa shape index (κ2) is 5.47. The van der Waals surface area contributed by atoms with Crippen LogP contribution in [0.4, 0.5) is 0 Å². The summed E-state index contributed by atoms with van der Waals surface area (Å²) in [6.07, 6.45) is 4.19. The van der Waals surface area contributed by atoms with E-state index in [1.807, 2.05) is 6.07 Å². The smallest absolute Gasteiger partial charge is 0.199 e. The Bertz CT molecular complexity index is 473. The molecule has 1 aliphatic heterocycles. The molecule has 2 rings (SSSR count). The number of hydrogen-bond donors (Lipinski definition) is 0. The van der Waals surface area contributed by atoms with Crippen molar-refractivity contribution in [2.45, 2.75) is 17.7 Å². The Balaban J connectivity index is 1.99. The fourth-order valence-corrected chi connectivity index (χ4v) is 3.01. The summed E-state index contributed by atoms with van der Waals surface area (Å²) in [5.41, 5.74) is 0. The van der Waals surface area contributed by atoms with Crippen LogP contribution in [0.3, 0.4) is 0 Å². The van der Waals surface area contributed by atoms with Crippen molar-refractivity contribution in [2.24, 2.45) is 0 Å². The normalized spacial score (nSPS) is 17.9. The maximum Gasteiger partial charge on any atom is 0.199 e. The third-order valence-corrected chi connectivity index (χ3v) is 4.39. The first-order chi connectivity index (χ1) is 8.18. The topological polar surface area (TPSA) is 37.4 Å². The number of nitrogens with zero attached hydrogens (tertiary/aromatic N) is 1. The molecule has 1 saturated heterocycles. The van der Waals surface area contributed by atoms with Crippen molar-refractivity contribution in [3.63, 3.8) is 0 Å². The molecule has 1 aliphatic rings. The van der Waals surface area contributed by atoms with Crippen molar-refractivity contribution in [2.75, 3.05) is 19.6 Å². The van der Waals surface area contributed by atoms with Crippen LogP contribution in [-0.2, 0) is 9.84 Å². The highest BCUT2D eigenvalue weighted by molar-refractivity contribution is 7.94. The number of hydrogen-bond acceptors (Lipinski definition) is 3. The minimum Gasteiger partial charge on any atom is -0.300 e. The molecule has 17 heavy (non-hydrogen) atoms. The molecular formula is C13H17NO2S. The minimum absolute atomic E-state index is 0.359. The standard InChI is InChI=1S/C13H17NO2S/c15-17(16,13-7-2-1-3-8-13)12-6-11-14-9-4-5-10-14/h1-3,6-8,12H,4-5,9-11H2. The van der Waals surface area contributed by atoms with E-state index in [0.717, 1.165) is 19.6 Å². The van der Waals surface area contributed by atoms with Crippen molar-refractivity contribution in [3.05, 3.63) is 41.8 Å². The van der Waals surface area contributed by atoms with Gasteiger partial charge in [0.2, 0.25) is 0 Å². The van der Waals surface area contributed by atoms with Gasteiger partial charge in [-0.1, -0.05) is 24.3 Å². The summed E-state index contributed by atoms with van der Waals surface area (Å²) in [5.74, 6) is 0. The molecule has 1 aromatic carbocycles. The Morgan fingerprint density at radius 1 is 1.12 bits per heavy atom. The number of rotatable bonds is 4. The fourth-order valence-electron chi connectivity index (χ4n) is 1.97. The summed E-state index contributed by atoms with van der Waals surface area (Å²) in [6, 6.07) is 8.53. The fraction of sp³-hybridized carbons (Fsp3) is 0.385. The van der Waals surface area contributed by atoms with Gasteiger partial charge in [-0.15, -0.1) is 0 Å². The minimum atomic E-state index is -3.26. The van der Waals surface area contributed by atoms with Gasteiger partial charge in [0.05, 0.1) is 4.90 Å². The molecule has 1 aromatic rings. The van der Waals surface area contributed by atoms with Crippen molar-refractivity contribution >= 4 is 9.84 Å². The maximum atomic E-state index is 11.9. The monoisotopic (exact) mass is 251 g/mol. The Morgan fingerprint density at radius 3 is 2.41 bits per heavy atom. The van der Waals surface area contributed by atoms with Crippen LogP contribution in [0.25, 0.3) is 0 Å². The molecule has 0 radical (unpaired) electrons. The van der Waals surface area contributed by atoms with Gasteiger partial charge >= 0.3 is 0 Å². The van der Waals surface area contributed by atoms with E-state index < -0.39 is 9.84 Å². The lowest BCUT2D eigenvalue weighted by Crippen LogP contribution is -2.18. The van der Waals surface area contributed by atoms with E-state index in [1.165, 1.54) is 18.2 Å². The lowest BCUT2D eigenvalue weighted by atomic mass is 10.4. The molecule has 0 N–H and O–H groups in total. The lowest BCUT2D eigenvalue weighted by Gasteiger charge is -2.10. The van der Waals surface area contributed by atoms with Gasteiger partial charge in [0, 0.05) is 12.0 Å². The lowest BCUT2D eigenvalue weighted by molar-refractivity contribution is 0.377. The van der Waals surface area contributed by atoms with E-state index in [-0.39, 0.29) is 0 Å². The second-order valence-electron chi connectivity index (χ2n) is 4.24. The van der Waals surface area contributed by atoms with Crippen LogP contribution in [0.15, 0.2) is 46.7 Å². The first-order valence-electron chi connectivity index (χ1n) is 5.87. The molecule has 0 atom stereocenters. The van der Waals surface area contributed by atoms with Gasteiger partial charge in [-0.25, -0.2) is 8.42 Å². The molecule has 0 aliphatic carbocycles. The average molecular weight is 251 g/mol. The predicted octanol–water partition coefficient (Wildman–Crippen LogP) is 2.07. The quantitative estimate of drug-likeness (QED) is 0.822. The first-order valence-corrected chi connectivity index (χ1v) is 7.42. The SMILES string of the molecule is O=S(=O)(C=CCN1CCCC1)c1ccccc1. The van der Waals surface area contributed by atoms with Gasteiger partial charge in [0.15, 0.2) is 9.84 Å². The van der Waals surface area contributed by atoms with Gasteiger partial charge in [-0.05, 0) is 38.1 Å². The third-order valence-electron chi connectivity index (χ3n) is 2.91. The Labute approximate surface area is 103 Å².